The molecule has 0 spiro atoms. The minimum Gasteiger partial charge on any atom is -0.486 e. The smallest absolute Gasteiger partial charge is 0.335 e. The lowest BCUT2D eigenvalue weighted by molar-refractivity contribution is 0.0696. The maximum Gasteiger partial charge on any atom is 0.335 e. The number of nitrogens with zero attached hydrogens (tertiary/aromatic N) is 2. The van der Waals surface area contributed by atoms with Crippen molar-refractivity contribution in [2.75, 3.05) is 0 Å². The summed E-state index contributed by atoms with van der Waals surface area (Å²) in [6.07, 6.45) is 3.50. The summed E-state index contributed by atoms with van der Waals surface area (Å²) in [5.41, 5.74) is 1.13. The first-order chi connectivity index (χ1) is 9.47. The number of rotatable bonds is 5. The molecule has 1 aromatic carbocycles. The Morgan fingerprint density at radius 2 is 2.25 bits per heavy atom. The normalized spacial score (nSPS) is 10.8. The highest BCUT2D eigenvalue weighted by atomic mass is 79.9. The molecule has 0 aliphatic heterocycles. The Hall–Kier alpha value is -1.82. The summed E-state index contributed by atoms with van der Waals surface area (Å²) in [5, 5.41) is 13.1. The molecule has 0 saturated carbocycles. The number of carbonyl (C=O) groups is 1. The molecular weight excluding hydrogens is 324 g/mol. The third kappa shape index (κ3) is 3.39. The molecule has 0 bridgehead atoms. The Morgan fingerprint density at radius 1 is 1.50 bits per heavy atom. The van der Waals surface area contributed by atoms with Gasteiger partial charge in [-0.15, -0.1) is 0 Å². The van der Waals surface area contributed by atoms with Crippen LogP contribution < -0.4 is 4.74 Å². The van der Waals surface area contributed by atoms with Crippen molar-refractivity contribution in [3.8, 4) is 5.75 Å². The van der Waals surface area contributed by atoms with Gasteiger partial charge < -0.3 is 9.84 Å². The van der Waals surface area contributed by atoms with Crippen molar-refractivity contribution >= 4 is 21.9 Å². The minimum absolute atomic E-state index is 0.244. The molecular formula is C14H15BrN2O3. The van der Waals surface area contributed by atoms with Crippen LogP contribution in [0.5, 0.6) is 5.75 Å². The van der Waals surface area contributed by atoms with Crippen LogP contribution in [0.3, 0.4) is 0 Å². The number of halogens is 1. The van der Waals surface area contributed by atoms with Gasteiger partial charge in [-0.1, -0.05) is 22.0 Å². The van der Waals surface area contributed by atoms with E-state index in [1.807, 2.05) is 24.7 Å². The Morgan fingerprint density at radius 3 is 2.80 bits per heavy atom. The molecule has 0 saturated heterocycles. The first-order valence-corrected chi connectivity index (χ1v) is 6.95. The van der Waals surface area contributed by atoms with E-state index in [4.69, 9.17) is 9.84 Å². The number of carboxylic acid groups (broad SMARTS) is 1. The van der Waals surface area contributed by atoms with Crippen LogP contribution in [0.1, 0.15) is 35.8 Å². The molecule has 6 heteroatoms. The maximum absolute atomic E-state index is 10.8. The number of aromatic carboxylic acids is 1. The minimum atomic E-state index is -0.948. The van der Waals surface area contributed by atoms with Gasteiger partial charge in [0.25, 0.3) is 0 Å². The molecule has 0 amide bonds. The van der Waals surface area contributed by atoms with Crippen LogP contribution in [0.15, 0.2) is 35.1 Å². The van der Waals surface area contributed by atoms with E-state index in [0.29, 0.717) is 16.8 Å². The molecule has 0 radical (unpaired) electrons. The van der Waals surface area contributed by atoms with Crippen molar-refractivity contribution in [1.29, 1.82) is 0 Å². The van der Waals surface area contributed by atoms with Gasteiger partial charge in [-0.25, -0.2) is 4.79 Å². The predicted octanol–water partition coefficient (Wildman–Crippen LogP) is 3.50. The van der Waals surface area contributed by atoms with Crippen LogP contribution in [0.2, 0.25) is 0 Å². The van der Waals surface area contributed by atoms with E-state index < -0.39 is 5.97 Å². The van der Waals surface area contributed by atoms with Crippen LogP contribution in [0.25, 0.3) is 0 Å². The van der Waals surface area contributed by atoms with Gasteiger partial charge in [0, 0.05) is 16.1 Å². The lowest BCUT2D eigenvalue weighted by Gasteiger charge is -2.07. The zero-order valence-corrected chi connectivity index (χ0v) is 12.8. The van der Waals surface area contributed by atoms with Gasteiger partial charge >= 0.3 is 5.97 Å². The lowest BCUT2D eigenvalue weighted by atomic mass is 10.1. The summed E-state index contributed by atoms with van der Waals surface area (Å²) >= 11 is 3.35. The van der Waals surface area contributed by atoms with Crippen molar-refractivity contribution < 1.29 is 14.6 Å². The van der Waals surface area contributed by atoms with Crippen molar-refractivity contribution in [3.05, 3.63) is 46.2 Å². The molecule has 1 aromatic heterocycles. The van der Waals surface area contributed by atoms with Crippen molar-refractivity contribution in [2.45, 2.75) is 26.5 Å². The molecule has 0 aliphatic rings. The van der Waals surface area contributed by atoms with E-state index in [9.17, 15) is 4.79 Å². The first kappa shape index (κ1) is 14.6. The highest BCUT2D eigenvalue weighted by molar-refractivity contribution is 9.10. The molecule has 0 aliphatic carbocycles. The summed E-state index contributed by atoms with van der Waals surface area (Å²) < 4.78 is 8.18. The van der Waals surface area contributed by atoms with E-state index in [1.54, 1.807) is 24.4 Å². The van der Waals surface area contributed by atoms with Crippen LogP contribution in [0.4, 0.5) is 0 Å². The van der Waals surface area contributed by atoms with Crippen molar-refractivity contribution in [2.24, 2.45) is 0 Å². The van der Waals surface area contributed by atoms with Gasteiger partial charge in [-0.2, -0.15) is 5.10 Å². The topological polar surface area (TPSA) is 64.3 Å². The predicted molar refractivity (Wildman–Crippen MR) is 78.0 cm³/mol. The number of aromatic nitrogens is 2. The van der Waals surface area contributed by atoms with Gasteiger partial charge in [0.05, 0.1) is 18.0 Å². The van der Waals surface area contributed by atoms with E-state index >= 15 is 0 Å². The summed E-state index contributed by atoms with van der Waals surface area (Å²) in [4.78, 5) is 10.8. The van der Waals surface area contributed by atoms with Crippen LogP contribution in [-0.2, 0) is 6.61 Å². The molecule has 0 atom stereocenters. The maximum atomic E-state index is 10.8. The van der Waals surface area contributed by atoms with E-state index in [0.717, 1.165) is 5.56 Å². The zero-order valence-electron chi connectivity index (χ0n) is 11.2. The quantitative estimate of drug-likeness (QED) is 0.905. The summed E-state index contributed by atoms with van der Waals surface area (Å²) in [7, 11) is 0. The van der Waals surface area contributed by atoms with Crippen LogP contribution in [-0.4, -0.2) is 20.9 Å². The molecule has 2 aromatic rings. The number of hydrogen-bond donors (Lipinski definition) is 1. The van der Waals surface area contributed by atoms with Crippen LogP contribution >= 0.6 is 15.9 Å². The van der Waals surface area contributed by atoms with E-state index in [2.05, 4.69) is 21.0 Å². The fourth-order valence-electron chi connectivity index (χ4n) is 1.64. The fourth-order valence-corrected chi connectivity index (χ4v) is 2.13. The number of benzene rings is 1. The second-order valence-electron chi connectivity index (χ2n) is 4.65. The summed E-state index contributed by atoms with van der Waals surface area (Å²) in [6.45, 7) is 4.43. The molecule has 0 unspecified atom stereocenters. The molecule has 5 nitrogen and oxygen atoms in total. The second kappa shape index (κ2) is 6.09. The Balaban J connectivity index is 2.05. The van der Waals surface area contributed by atoms with Gasteiger partial charge in [0.2, 0.25) is 0 Å². The molecule has 20 heavy (non-hydrogen) atoms. The fraction of sp³-hybridized carbons (Fsp3) is 0.286. The summed E-state index contributed by atoms with van der Waals surface area (Å²) in [6, 6.07) is 5.15. The molecule has 2 rings (SSSR count). The Labute approximate surface area is 125 Å². The van der Waals surface area contributed by atoms with Gasteiger partial charge in [0.15, 0.2) is 5.75 Å². The molecule has 106 valence electrons. The van der Waals surface area contributed by atoms with E-state index in [1.165, 1.54) is 0 Å². The van der Waals surface area contributed by atoms with Crippen LogP contribution in [0, 0.1) is 0 Å². The molecule has 0 fully saturated rings. The number of carboxylic acids is 1. The van der Waals surface area contributed by atoms with Crippen molar-refractivity contribution in [1.82, 2.24) is 9.78 Å². The lowest BCUT2D eigenvalue weighted by Crippen LogP contribution is -2.01. The highest BCUT2D eigenvalue weighted by Gasteiger charge is 2.08. The third-order valence-electron chi connectivity index (χ3n) is 2.80. The molecule has 1 N–H and O–H groups in total. The Kier molecular flexibility index (Phi) is 4.44. The SMILES string of the molecule is CC(C)n1cc(OCc2ccc(C(=O)O)cc2Br)cn1. The number of hydrogen-bond acceptors (Lipinski definition) is 3. The average Bonchev–Trinajstić information content (AvgIpc) is 2.86. The third-order valence-corrected chi connectivity index (χ3v) is 3.54. The first-order valence-electron chi connectivity index (χ1n) is 6.16. The number of ether oxygens (including phenoxy) is 1. The standard InChI is InChI=1S/C14H15BrN2O3/c1-9(2)17-7-12(6-16-17)20-8-11-4-3-10(14(18)19)5-13(11)15/h3-7,9H,8H2,1-2H3,(H,18,19). The average molecular weight is 339 g/mol. The molecule has 1 heterocycles. The Bertz CT molecular complexity index is 623. The monoisotopic (exact) mass is 338 g/mol. The van der Waals surface area contributed by atoms with E-state index in [-0.39, 0.29) is 11.6 Å². The summed E-state index contributed by atoms with van der Waals surface area (Å²) in [5.74, 6) is -0.260. The van der Waals surface area contributed by atoms with Crippen molar-refractivity contribution in [3.63, 3.8) is 0 Å². The second-order valence-corrected chi connectivity index (χ2v) is 5.50. The zero-order chi connectivity index (χ0) is 14.7. The van der Waals surface area contributed by atoms with Gasteiger partial charge in [-0.05, 0) is 26.0 Å². The van der Waals surface area contributed by atoms with Gasteiger partial charge in [-0.3, -0.25) is 4.68 Å². The largest absolute Gasteiger partial charge is 0.486 e. The van der Waals surface area contributed by atoms with Gasteiger partial charge in [0.1, 0.15) is 6.61 Å². The highest BCUT2D eigenvalue weighted by Crippen LogP contribution is 2.21.